The van der Waals surface area contributed by atoms with Crippen molar-refractivity contribution in [2.24, 2.45) is 0 Å². The maximum atomic E-state index is 11.6. The number of hydrogen-bond donors (Lipinski definition) is 2. The fourth-order valence-electron chi connectivity index (χ4n) is 2.85. The molecule has 8 heteroatoms. The van der Waals surface area contributed by atoms with Gasteiger partial charge < -0.3 is 9.84 Å². The van der Waals surface area contributed by atoms with Gasteiger partial charge in [0.2, 0.25) is 0 Å². The van der Waals surface area contributed by atoms with Crippen LogP contribution in [0.2, 0.25) is 0 Å². The second-order valence-electron chi connectivity index (χ2n) is 7.01. The normalized spacial score (nSPS) is 12.7. The molecule has 0 bridgehead atoms. The summed E-state index contributed by atoms with van der Waals surface area (Å²) in [5.74, 6) is -2.70. The molecular formula is C19H36O7S. The van der Waals surface area contributed by atoms with Gasteiger partial charge in [-0.05, 0) is 6.42 Å². The molecule has 0 aromatic heterocycles. The predicted molar refractivity (Wildman–Crippen MR) is 104 cm³/mol. The lowest BCUT2D eigenvalue weighted by molar-refractivity contribution is -0.147. The van der Waals surface area contributed by atoms with Gasteiger partial charge in [-0.25, -0.2) is 0 Å². The van der Waals surface area contributed by atoms with Crippen LogP contribution >= 0.6 is 0 Å². The maximum Gasteiger partial charge on any atom is 0.327 e. The first-order valence-corrected chi connectivity index (χ1v) is 11.6. The zero-order valence-electron chi connectivity index (χ0n) is 16.5. The molecule has 0 aliphatic rings. The molecule has 0 aromatic carbocycles. The van der Waals surface area contributed by atoms with Crippen molar-refractivity contribution in [1.82, 2.24) is 0 Å². The van der Waals surface area contributed by atoms with Crippen molar-refractivity contribution >= 4 is 22.1 Å². The third-order valence-electron chi connectivity index (χ3n) is 4.47. The Hall–Kier alpha value is -1.15. The van der Waals surface area contributed by atoms with Crippen molar-refractivity contribution in [2.45, 2.75) is 102 Å². The van der Waals surface area contributed by atoms with E-state index in [0.717, 1.165) is 19.3 Å². The van der Waals surface area contributed by atoms with E-state index >= 15 is 0 Å². The summed E-state index contributed by atoms with van der Waals surface area (Å²) in [6.07, 6.45) is 14.3. The summed E-state index contributed by atoms with van der Waals surface area (Å²) in [5, 5.41) is 6.55. The summed E-state index contributed by atoms with van der Waals surface area (Å²) in [7, 11) is -4.78. The number of unbranched alkanes of at least 4 members (excludes halogenated alkanes) is 12. The van der Waals surface area contributed by atoms with Gasteiger partial charge in [-0.1, -0.05) is 84.0 Å². The Kier molecular flexibility index (Phi) is 15.2. The van der Waals surface area contributed by atoms with Crippen molar-refractivity contribution < 1.29 is 32.4 Å². The van der Waals surface area contributed by atoms with Crippen LogP contribution in [0.4, 0.5) is 0 Å². The van der Waals surface area contributed by atoms with E-state index in [1.807, 2.05) is 0 Å². The van der Waals surface area contributed by atoms with Crippen LogP contribution in [-0.4, -0.2) is 41.9 Å². The zero-order valence-corrected chi connectivity index (χ0v) is 17.3. The molecule has 0 heterocycles. The van der Waals surface area contributed by atoms with Crippen LogP contribution in [0.1, 0.15) is 96.8 Å². The molecule has 0 fully saturated rings. The lowest BCUT2D eigenvalue weighted by atomic mass is 10.0. The monoisotopic (exact) mass is 408 g/mol. The molecule has 2 N–H and O–H groups in total. The summed E-state index contributed by atoms with van der Waals surface area (Å²) in [4.78, 5) is 22.2. The molecule has 1 unspecified atom stereocenters. The summed E-state index contributed by atoms with van der Waals surface area (Å²) < 4.78 is 35.8. The molecular weight excluding hydrogens is 372 g/mol. The van der Waals surface area contributed by atoms with Crippen molar-refractivity contribution in [3.63, 3.8) is 0 Å². The molecule has 0 aliphatic carbocycles. The van der Waals surface area contributed by atoms with Crippen molar-refractivity contribution in [2.75, 3.05) is 6.61 Å². The van der Waals surface area contributed by atoms with Crippen LogP contribution in [0, 0.1) is 0 Å². The molecule has 0 aromatic rings. The zero-order chi connectivity index (χ0) is 20.5. The molecule has 0 radical (unpaired) electrons. The molecule has 0 saturated carbocycles. The maximum absolute atomic E-state index is 11.6. The lowest BCUT2D eigenvalue weighted by Gasteiger charge is -2.11. The first kappa shape index (κ1) is 25.9. The van der Waals surface area contributed by atoms with Crippen LogP contribution in [-0.2, 0) is 24.4 Å². The van der Waals surface area contributed by atoms with E-state index in [-0.39, 0.29) is 6.61 Å². The first-order chi connectivity index (χ1) is 12.8. The van der Waals surface area contributed by atoms with Crippen LogP contribution in [0.15, 0.2) is 0 Å². The Morgan fingerprint density at radius 3 is 1.59 bits per heavy atom. The Morgan fingerprint density at radius 1 is 0.815 bits per heavy atom. The van der Waals surface area contributed by atoms with E-state index < -0.39 is 33.7 Å². The third kappa shape index (κ3) is 15.6. The molecule has 0 rings (SSSR count). The van der Waals surface area contributed by atoms with Crippen LogP contribution < -0.4 is 0 Å². The number of carboxylic acid groups (broad SMARTS) is 1. The van der Waals surface area contributed by atoms with Gasteiger partial charge >= 0.3 is 11.9 Å². The first-order valence-electron chi connectivity index (χ1n) is 10.1. The second kappa shape index (κ2) is 15.9. The Labute approximate surface area is 163 Å². The van der Waals surface area contributed by atoms with E-state index in [2.05, 4.69) is 6.92 Å². The molecule has 1 atom stereocenters. The third-order valence-corrected chi connectivity index (χ3v) is 5.55. The largest absolute Gasteiger partial charge is 0.481 e. The molecule has 160 valence electrons. The van der Waals surface area contributed by atoms with Gasteiger partial charge in [0.05, 0.1) is 13.0 Å². The van der Waals surface area contributed by atoms with Gasteiger partial charge in [0.15, 0.2) is 5.25 Å². The number of aliphatic carboxylic acids is 1. The molecule has 0 aliphatic heterocycles. The topological polar surface area (TPSA) is 118 Å². The van der Waals surface area contributed by atoms with E-state index in [1.165, 1.54) is 57.8 Å². The number of hydrogen-bond acceptors (Lipinski definition) is 5. The minimum absolute atomic E-state index is 0.0300. The SMILES string of the molecule is CCCCCCCCCCCCCCCOC(=O)C(CC(=O)O)S(=O)(=O)O. The average Bonchev–Trinajstić information content (AvgIpc) is 2.58. The van der Waals surface area contributed by atoms with Crippen LogP contribution in [0.5, 0.6) is 0 Å². The summed E-state index contributed by atoms with van der Waals surface area (Å²) >= 11 is 0. The quantitative estimate of drug-likeness (QED) is 0.197. The van der Waals surface area contributed by atoms with Gasteiger partial charge in [-0.15, -0.1) is 0 Å². The predicted octanol–water partition coefficient (Wildman–Crippen LogP) is 4.35. The fourth-order valence-corrected chi connectivity index (χ4v) is 3.52. The van der Waals surface area contributed by atoms with E-state index in [1.54, 1.807) is 0 Å². The number of carbonyl (C=O) groups excluding carboxylic acids is 1. The highest BCUT2D eigenvalue weighted by molar-refractivity contribution is 7.87. The summed E-state index contributed by atoms with van der Waals surface area (Å²) in [5.41, 5.74) is 0. The van der Waals surface area contributed by atoms with Gasteiger partial charge in [0, 0.05) is 0 Å². The van der Waals surface area contributed by atoms with E-state index in [4.69, 9.17) is 14.4 Å². The Balaban J connectivity index is 3.60. The summed E-state index contributed by atoms with van der Waals surface area (Å²) in [6, 6.07) is 0. The smallest absolute Gasteiger partial charge is 0.327 e. The number of carboxylic acids is 1. The molecule has 0 amide bonds. The highest BCUT2D eigenvalue weighted by Crippen LogP contribution is 2.13. The molecule has 7 nitrogen and oxygen atoms in total. The minimum Gasteiger partial charge on any atom is -0.481 e. The average molecular weight is 409 g/mol. The number of rotatable bonds is 18. The van der Waals surface area contributed by atoms with Crippen molar-refractivity contribution in [3.8, 4) is 0 Å². The Bertz CT molecular complexity index is 502. The van der Waals surface area contributed by atoms with Crippen molar-refractivity contribution in [1.29, 1.82) is 0 Å². The van der Waals surface area contributed by atoms with Crippen LogP contribution in [0.25, 0.3) is 0 Å². The number of esters is 1. The summed E-state index contributed by atoms with van der Waals surface area (Å²) in [6.45, 7) is 2.25. The fraction of sp³-hybridized carbons (Fsp3) is 0.895. The van der Waals surface area contributed by atoms with Gasteiger partial charge in [-0.2, -0.15) is 8.42 Å². The number of carbonyl (C=O) groups is 2. The standard InChI is InChI=1S/C19H36O7S/c1-2-3-4-5-6-7-8-9-10-11-12-13-14-15-26-19(22)17(16-18(20)21)27(23,24)25/h17H,2-16H2,1H3,(H,20,21)(H,23,24,25). The molecule has 0 saturated heterocycles. The van der Waals surface area contributed by atoms with E-state index in [9.17, 15) is 18.0 Å². The highest BCUT2D eigenvalue weighted by atomic mass is 32.2. The van der Waals surface area contributed by atoms with Gasteiger partial charge in [0.25, 0.3) is 10.1 Å². The lowest BCUT2D eigenvalue weighted by Crippen LogP contribution is -2.34. The van der Waals surface area contributed by atoms with Gasteiger partial charge in [-0.3, -0.25) is 14.1 Å². The molecule has 0 spiro atoms. The van der Waals surface area contributed by atoms with Gasteiger partial charge in [0.1, 0.15) is 0 Å². The number of ether oxygens (including phenoxy) is 1. The Morgan fingerprint density at radius 2 is 1.22 bits per heavy atom. The van der Waals surface area contributed by atoms with E-state index in [0.29, 0.717) is 6.42 Å². The highest BCUT2D eigenvalue weighted by Gasteiger charge is 2.34. The van der Waals surface area contributed by atoms with Crippen molar-refractivity contribution in [3.05, 3.63) is 0 Å². The molecule has 27 heavy (non-hydrogen) atoms. The van der Waals surface area contributed by atoms with Crippen LogP contribution in [0.3, 0.4) is 0 Å². The second-order valence-corrected chi connectivity index (χ2v) is 8.61. The minimum atomic E-state index is -4.78.